The first kappa shape index (κ1) is 14.1. The Morgan fingerprint density at radius 2 is 1.47 bits per heavy atom. The van der Waals surface area contributed by atoms with E-state index < -0.39 is 11.1 Å². The fourth-order valence-corrected chi connectivity index (χ4v) is 2.15. The van der Waals surface area contributed by atoms with Crippen LogP contribution in [0.1, 0.15) is 47.5 Å². The highest BCUT2D eigenvalue weighted by atomic mass is 16.5. The molecule has 1 saturated heterocycles. The summed E-state index contributed by atoms with van der Waals surface area (Å²) in [5.41, 5.74) is -2.13. The Bertz CT molecular complexity index is 309. The van der Waals surface area contributed by atoms with Crippen molar-refractivity contribution in [2.24, 2.45) is 0 Å². The summed E-state index contributed by atoms with van der Waals surface area (Å²) in [5, 5.41) is 10.9. The maximum Gasteiger partial charge on any atom is 0.251 e. The average molecular weight is 242 g/mol. The van der Waals surface area contributed by atoms with E-state index in [2.05, 4.69) is 0 Å². The van der Waals surface area contributed by atoms with Gasteiger partial charge in [0.25, 0.3) is 11.8 Å². The molecule has 0 aromatic heterocycles. The van der Waals surface area contributed by atoms with Gasteiger partial charge in [-0.15, -0.1) is 0 Å². The third-order valence-electron chi connectivity index (χ3n) is 3.33. The number of hydrogen-bond donors (Lipinski definition) is 1. The predicted octanol–water partition coefficient (Wildman–Crippen LogP) is 1.40. The number of amides is 2. The Hall–Kier alpha value is -0.940. The number of hydrogen-bond acceptors (Lipinski definition) is 4. The van der Waals surface area contributed by atoms with Gasteiger partial charge in [-0.25, -0.2) is 0 Å². The number of imide groups is 1. The van der Waals surface area contributed by atoms with E-state index in [1.54, 1.807) is 27.7 Å². The standard InChI is InChI=1S/C12H22N2O3/c1-6-7-8-13-9(15)11(2,3)14(17)12(4,5)10(13)16/h17H,6-8H2,1-5H3. The van der Waals surface area contributed by atoms with Crippen LogP contribution < -0.4 is 0 Å². The van der Waals surface area contributed by atoms with E-state index in [9.17, 15) is 14.8 Å². The molecule has 0 aliphatic carbocycles. The Morgan fingerprint density at radius 3 is 1.82 bits per heavy atom. The van der Waals surface area contributed by atoms with Crippen molar-refractivity contribution in [2.45, 2.75) is 58.5 Å². The smallest absolute Gasteiger partial charge is 0.251 e. The molecule has 5 nitrogen and oxygen atoms in total. The molecule has 1 N–H and O–H groups in total. The Labute approximate surface area is 102 Å². The van der Waals surface area contributed by atoms with Crippen molar-refractivity contribution in [1.82, 2.24) is 9.96 Å². The van der Waals surface area contributed by atoms with E-state index in [0.717, 1.165) is 17.9 Å². The lowest BCUT2D eigenvalue weighted by Crippen LogP contribution is -2.72. The van der Waals surface area contributed by atoms with E-state index in [1.165, 1.54) is 4.90 Å². The van der Waals surface area contributed by atoms with Gasteiger partial charge in [0.05, 0.1) is 0 Å². The normalized spacial score (nSPS) is 24.2. The van der Waals surface area contributed by atoms with Crippen molar-refractivity contribution in [3.05, 3.63) is 0 Å². The molecule has 1 aliphatic heterocycles. The molecule has 0 aromatic carbocycles. The zero-order chi connectivity index (χ0) is 13.4. The SMILES string of the molecule is CCCCN1C(=O)C(C)(C)N(O)C(C)(C)C1=O. The lowest BCUT2D eigenvalue weighted by molar-refractivity contribution is -0.242. The van der Waals surface area contributed by atoms with Gasteiger partial charge in [0.15, 0.2) is 0 Å². The molecule has 0 spiro atoms. The van der Waals surface area contributed by atoms with Crippen LogP contribution in [0.2, 0.25) is 0 Å². The van der Waals surface area contributed by atoms with E-state index in [-0.39, 0.29) is 11.8 Å². The molecule has 1 rings (SSSR count). The van der Waals surface area contributed by atoms with Gasteiger partial charge in [0.1, 0.15) is 11.1 Å². The van der Waals surface area contributed by atoms with Crippen molar-refractivity contribution in [3.63, 3.8) is 0 Å². The molecular formula is C12H22N2O3. The highest BCUT2D eigenvalue weighted by molar-refractivity contribution is 6.05. The molecule has 2 amide bonds. The minimum Gasteiger partial charge on any atom is -0.312 e. The molecular weight excluding hydrogens is 220 g/mol. The largest absolute Gasteiger partial charge is 0.312 e. The van der Waals surface area contributed by atoms with Crippen LogP contribution in [-0.2, 0) is 9.59 Å². The fourth-order valence-electron chi connectivity index (χ4n) is 2.15. The second kappa shape index (κ2) is 4.38. The molecule has 0 aromatic rings. The van der Waals surface area contributed by atoms with Crippen molar-refractivity contribution in [2.75, 3.05) is 6.54 Å². The van der Waals surface area contributed by atoms with E-state index in [0.29, 0.717) is 6.54 Å². The highest BCUT2D eigenvalue weighted by Gasteiger charge is 2.55. The van der Waals surface area contributed by atoms with E-state index in [4.69, 9.17) is 0 Å². The maximum atomic E-state index is 12.2. The minimum atomic E-state index is -1.06. The van der Waals surface area contributed by atoms with Crippen LogP contribution in [0.15, 0.2) is 0 Å². The van der Waals surface area contributed by atoms with Gasteiger partial charge >= 0.3 is 0 Å². The van der Waals surface area contributed by atoms with Gasteiger partial charge in [-0.3, -0.25) is 14.5 Å². The Balaban J connectivity index is 3.08. The molecule has 0 radical (unpaired) electrons. The van der Waals surface area contributed by atoms with Crippen LogP contribution in [0.25, 0.3) is 0 Å². The molecule has 1 aliphatic rings. The zero-order valence-electron chi connectivity index (χ0n) is 11.3. The summed E-state index contributed by atoms with van der Waals surface area (Å²) < 4.78 is 0. The molecule has 0 atom stereocenters. The molecule has 0 unspecified atom stereocenters. The Morgan fingerprint density at radius 1 is 1.06 bits per heavy atom. The highest BCUT2D eigenvalue weighted by Crippen LogP contribution is 2.32. The zero-order valence-corrected chi connectivity index (χ0v) is 11.3. The summed E-state index contributed by atoms with van der Waals surface area (Å²) in [4.78, 5) is 25.6. The van der Waals surface area contributed by atoms with Crippen molar-refractivity contribution in [3.8, 4) is 0 Å². The maximum absolute atomic E-state index is 12.2. The lowest BCUT2D eigenvalue weighted by Gasteiger charge is -2.49. The first-order valence-corrected chi connectivity index (χ1v) is 6.03. The van der Waals surface area contributed by atoms with Gasteiger partial charge in [-0.2, -0.15) is 5.06 Å². The quantitative estimate of drug-likeness (QED) is 0.760. The Kier molecular flexibility index (Phi) is 3.64. The predicted molar refractivity (Wildman–Crippen MR) is 63.4 cm³/mol. The van der Waals surface area contributed by atoms with Crippen LogP contribution in [-0.4, -0.2) is 44.6 Å². The van der Waals surface area contributed by atoms with Crippen LogP contribution in [0, 0.1) is 0 Å². The third-order valence-corrected chi connectivity index (χ3v) is 3.33. The van der Waals surface area contributed by atoms with Crippen LogP contribution >= 0.6 is 0 Å². The second-order valence-corrected chi connectivity index (χ2v) is 5.55. The number of nitrogens with zero attached hydrogens (tertiary/aromatic N) is 2. The summed E-state index contributed by atoms with van der Waals surface area (Å²) in [6.45, 7) is 8.94. The van der Waals surface area contributed by atoms with E-state index >= 15 is 0 Å². The van der Waals surface area contributed by atoms with Gasteiger partial charge in [-0.05, 0) is 34.1 Å². The van der Waals surface area contributed by atoms with Crippen molar-refractivity contribution in [1.29, 1.82) is 0 Å². The summed E-state index contributed by atoms with van der Waals surface area (Å²) in [5.74, 6) is -0.671. The van der Waals surface area contributed by atoms with Gasteiger partial charge in [0.2, 0.25) is 0 Å². The first-order valence-electron chi connectivity index (χ1n) is 6.03. The molecule has 5 heteroatoms. The van der Waals surface area contributed by atoms with Crippen LogP contribution in [0.4, 0.5) is 0 Å². The molecule has 1 heterocycles. The van der Waals surface area contributed by atoms with Crippen molar-refractivity contribution >= 4 is 11.8 Å². The van der Waals surface area contributed by atoms with E-state index in [1.807, 2.05) is 6.92 Å². The number of hydroxylamine groups is 2. The molecule has 1 fully saturated rings. The van der Waals surface area contributed by atoms with Gasteiger partial charge < -0.3 is 5.21 Å². The summed E-state index contributed by atoms with van der Waals surface area (Å²) in [6.07, 6.45) is 1.70. The number of rotatable bonds is 3. The average Bonchev–Trinajstić information content (AvgIpc) is 2.26. The summed E-state index contributed by atoms with van der Waals surface area (Å²) in [7, 11) is 0. The molecule has 0 bridgehead atoms. The number of carbonyl (C=O) groups excluding carboxylic acids is 2. The summed E-state index contributed by atoms with van der Waals surface area (Å²) >= 11 is 0. The van der Waals surface area contributed by atoms with Gasteiger partial charge in [0, 0.05) is 6.54 Å². The summed E-state index contributed by atoms with van der Waals surface area (Å²) in [6, 6.07) is 0. The number of unbranched alkanes of at least 4 members (excludes halogenated alkanes) is 1. The monoisotopic (exact) mass is 242 g/mol. The van der Waals surface area contributed by atoms with Crippen molar-refractivity contribution < 1.29 is 14.8 Å². The second-order valence-electron chi connectivity index (χ2n) is 5.55. The lowest BCUT2D eigenvalue weighted by atomic mass is 9.89. The van der Waals surface area contributed by atoms with Crippen LogP contribution in [0.3, 0.4) is 0 Å². The first-order chi connectivity index (χ1) is 7.67. The van der Waals surface area contributed by atoms with Crippen LogP contribution in [0.5, 0.6) is 0 Å². The molecule has 17 heavy (non-hydrogen) atoms. The fraction of sp³-hybridized carbons (Fsp3) is 0.833. The van der Waals surface area contributed by atoms with Gasteiger partial charge in [-0.1, -0.05) is 13.3 Å². The number of piperazine rings is 1. The molecule has 98 valence electrons. The minimum absolute atomic E-state index is 0.335. The molecule has 0 saturated carbocycles. The number of carbonyl (C=O) groups is 2. The third kappa shape index (κ3) is 2.09. The topological polar surface area (TPSA) is 60.9 Å².